The zero-order chi connectivity index (χ0) is 9.42. The summed E-state index contributed by atoms with van der Waals surface area (Å²) in [6.45, 7) is 5.63. The summed E-state index contributed by atoms with van der Waals surface area (Å²) in [6.07, 6.45) is 1.65. The Hall–Kier alpha value is -1.64. The van der Waals surface area contributed by atoms with Crippen LogP contribution in [0.15, 0.2) is 31.1 Å². The van der Waals surface area contributed by atoms with E-state index < -0.39 is 0 Å². The SMILES string of the molecule is C=C(C)n1cnc2ccc(F)cc21. The zero-order valence-electron chi connectivity index (χ0n) is 7.29. The summed E-state index contributed by atoms with van der Waals surface area (Å²) in [6, 6.07) is 4.51. The zero-order valence-corrected chi connectivity index (χ0v) is 7.29. The monoisotopic (exact) mass is 176 g/mol. The van der Waals surface area contributed by atoms with Crippen LogP contribution >= 0.6 is 0 Å². The fourth-order valence-corrected chi connectivity index (χ4v) is 1.29. The molecule has 0 aliphatic heterocycles. The Kier molecular flexibility index (Phi) is 1.65. The molecule has 0 saturated carbocycles. The van der Waals surface area contributed by atoms with Crippen molar-refractivity contribution in [3.8, 4) is 0 Å². The minimum atomic E-state index is -0.254. The quantitative estimate of drug-likeness (QED) is 0.653. The lowest BCUT2D eigenvalue weighted by molar-refractivity contribution is 0.629. The normalized spacial score (nSPS) is 10.6. The topological polar surface area (TPSA) is 17.8 Å². The molecule has 2 rings (SSSR count). The van der Waals surface area contributed by atoms with E-state index in [0.29, 0.717) is 0 Å². The van der Waals surface area contributed by atoms with Crippen molar-refractivity contribution in [2.75, 3.05) is 0 Å². The summed E-state index contributed by atoms with van der Waals surface area (Å²) >= 11 is 0. The first-order valence-corrected chi connectivity index (χ1v) is 3.97. The molecule has 3 heteroatoms. The summed E-state index contributed by atoms with van der Waals surface area (Å²) in [5, 5.41) is 0. The predicted octanol–water partition coefficient (Wildman–Crippen LogP) is 2.67. The first-order chi connectivity index (χ1) is 6.18. The van der Waals surface area contributed by atoms with E-state index in [1.165, 1.54) is 12.1 Å². The standard InChI is InChI=1S/C10H9FN2/c1-7(2)13-6-12-9-4-3-8(11)5-10(9)13/h3-6H,1H2,2H3. The molecule has 2 aromatic rings. The van der Waals surface area contributed by atoms with E-state index in [9.17, 15) is 4.39 Å². The molecule has 0 atom stereocenters. The van der Waals surface area contributed by atoms with Gasteiger partial charge in [-0.3, -0.25) is 0 Å². The van der Waals surface area contributed by atoms with Crippen molar-refractivity contribution >= 4 is 16.7 Å². The second-order valence-corrected chi connectivity index (χ2v) is 2.98. The molecule has 13 heavy (non-hydrogen) atoms. The summed E-state index contributed by atoms with van der Waals surface area (Å²) in [5.41, 5.74) is 2.37. The number of nitrogens with zero attached hydrogens (tertiary/aromatic N) is 2. The third kappa shape index (κ3) is 1.22. The number of fused-ring (bicyclic) bond motifs is 1. The smallest absolute Gasteiger partial charge is 0.125 e. The van der Waals surface area contributed by atoms with Gasteiger partial charge in [0.1, 0.15) is 12.1 Å². The van der Waals surface area contributed by atoms with Gasteiger partial charge in [-0.1, -0.05) is 6.58 Å². The van der Waals surface area contributed by atoms with E-state index in [-0.39, 0.29) is 5.82 Å². The number of rotatable bonds is 1. The lowest BCUT2D eigenvalue weighted by Crippen LogP contribution is -1.89. The second kappa shape index (κ2) is 2.69. The van der Waals surface area contributed by atoms with Gasteiger partial charge in [0, 0.05) is 11.8 Å². The van der Waals surface area contributed by atoms with Gasteiger partial charge >= 0.3 is 0 Å². The van der Waals surface area contributed by atoms with Crippen LogP contribution in [0.3, 0.4) is 0 Å². The molecule has 1 aromatic heterocycles. The number of halogens is 1. The lowest BCUT2D eigenvalue weighted by Gasteiger charge is -2.00. The molecule has 0 aliphatic carbocycles. The van der Waals surface area contributed by atoms with Crippen LogP contribution in [0, 0.1) is 5.82 Å². The molecule has 2 nitrogen and oxygen atoms in total. The first kappa shape index (κ1) is 7.98. The number of aromatic nitrogens is 2. The maximum Gasteiger partial charge on any atom is 0.125 e. The molecular weight excluding hydrogens is 167 g/mol. The van der Waals surface area contributed by atoms with Crippen LogP contribution in [-0.2, 0) is 0 Å². The molecule has 0 radical (unpaired) electrons. The molecule has 0 saturated heterocycles. The highest BCUT2D eigenvalue weighted by Crippen LogP contribution is 2.16. The number of hydrogen-bond acceptors (Lipinski definition) is 1. The summed E-state index contributed by atoms with van der Waals surface area (Å²) in [4.78, 5) is 4.12. The Balaban J connectivity index is 2.79. The van der Waals surface area contributed by atoms with Gasteiger partial charge in [0.25, 0.3) is 0 Å². The predicted molar refractivity (Wildman–Crippen MR) is 50.7 cm³/mol. The van der Waals surface area contributed by atoms with Crippen LogP contribution in [0.2, 0.25) is 0 Å². The van der Waals surface area contributed by atoms with Crippen molar-refractivity contribution < 1.29 is 4.39 Å². The molecule has 0 amide bonds. The van der Waals surface area contributed by atoms with Crippen LogP contribution < -0.4 is 0 Å². The number of benzene rings is 1. The third-order valence-electron chi connectivity index (χ3n) is 1.92. The molecule has 0 fully saturated rings. The highest BCUT2D eigenvalue weighted by Gasteiger charge is 2.03. The van der Waals surface area contributed by atoms with Crippen LogP contribution in [0.5, 0.6) is 0 Å². The van der Waals surface area contributed by atoms with E-state index in [1.807, 2.05) is 6.92 Å². The Bertz CT molecular complexity index is 471. The van der Waals surface area contributed by atoms with Gasteiger partial charge in [-0.05, 0) is 19.1 Å². The Labute approximate surface area is 75.3 Å². The summed E-state index contributed by atoms with van der Waals surface area (Å²) in [7, 11) is 0. The van der Waals surface area contributed by atoms with Gasteiger partial charge in [-0.2, -0.15) is 0 Å². The number of allylic oxidation sites excluding steroid dienone is 1. The van der Waals surface area contributed by atoms with E-state index >= 15 is 0 Å². The average Bonchev–Trinajstić information content (AvgIpc) is 2.46. The van der Waals surface area contributed by atoms with Gasteiger partial charge in [0.2, 0.25) is 0 Å². The van der Waals surface area contributed by atoms with Gasteiger partial charge in [0.15, 0.2) is 0 Å². The van der Waals surface area contributed by atoms with Crippen LogP contribution in [0.4, 0.5) is 4.39 Å². The average molecular weight is 176 g/mol. The van der Waals surface area contributed by atoms with Gasteiger partial charge < -0.3 is 4.57 Å². The van der Waals surface area contributed by atoms with Crippen molar-refractivity contribution in [3.05, 3.63) is 36.9 Å². The third-order valence-corrected chi connectivity index (χ3v) is 1.92. The van der Waals surface area contributed by atoms with E-state index in [1.54, 1.807) is 17.0 Å². The molecule has 0 aliphatic rings. The summed E-state index contributed by atoms with van der Waals surface area (Å²) in [5.74, 6) is -0.254. The Morgan fingerprint density at radius 2 is 2.31 bits per heavy atom. The van der Waals surface area contributed by atoms with Crippen molar-refractivity contribution in [2.24, 2.45) is 0 Å². The van der Waals surface area contributed by atoms with E-state index in [4.69, 9.17) is 0 Å². The van der Waals surface area contributed by atoms with E-state index in [2.05, 4.69) is 11.6 Å². The minimum absolute atomic E-state index is 0.254. The molecule has 0 N–H and O–H groups in total. The molecule has 66 valence electrons. The van der Waals surface area contributed by atoms with E-state index in [0.717, 1.165) is 16.7 Å². The summed E-state index contributed by atoms with van der Waals surface area (Å²) < 4.78 is 14.6. The lowest BCUT2D eigenvalue weighted by atomic mass is 10.3. The maximum absolute atomic E-state index is 12.9. The number of hydrogen-bond donors (Lipinski definition) is 0. The van der Waals surface area contributed by atoms with Gasteiger partial charge in [0.05, 0.1) is 11.0 Å². The van der Waals surface area contributed by atoms with Crippen LogP contribution in [-0.4, -0.2) is 9.55 Å². The van der Waals surface area contributed by atoms with Gasteiger partial charge in [-0.15, -0.1) is 0 Å². The molecule has 0 unspecified atom stereocenters. The Morgan fingerprint density at radius 3 is 3.00 bits per heavy atom. The maximum atomic E-state index is 12.9. The highest BCUT2D eigenvalue weighted by atomic mass is 19.1. The second-order valence-electron chi connectivity index (χ2n) is 2.98. The largest absolute Gasteiger partial charge is 0.303 e. The van der Waals surface area contributed by atoms with Crippen LogP contribution in [0.1, 0.15) is 6.92 Å². The van der Waals surface area contributed by atoms with Crippen molar-refractivity contribution in [1.82, 2.24) is 9.55 Å². The molecular formula is C10H9FN2. The molecule has 1 heterocycles. The Morgan fingerprint density at radius 1 is 1.54 bits per heavy atom. The fraction of sp³-hybridized carbons (Fsp3) is 0.100. The van der Waals surface area contributed by atoms with Crippen molar-refractivity contribution in [2.45, 2.75) is 6.92 Å². The minimum Gasteiger partial charge on any atom is -0.303 e. The fourth-order valence-electron chi connectivity index (χ4n) is 1.29. The number of imidazole rings is 1. The van der Waals surface area contributed by atoms with Gasteiger partial charge in [-0.25, -0.2) is 9.37 Å². The van der Waals surface area contributed by atoms with Crippen molar-refractivity contribution in [1.29, 1.82) is 0 Å². The first-order valence-electron chi connectivity index (χ1n) is 3.97. The van der Waals surface area contributed by atoms with Crippen LogP contribution in [0.25, 0.3) is 16.7 Å². The highest BCUT2D eigenvalue weighted by molar-refractivity contribution is 5.78. The van der Waals surface area contributed by atoms with Crippen molar-refractivity contribution in [3.63, 3.8) is 0 Å². The molecule has 0 bridgehead atoms. The molecule has 1 aromatic carbocycles. The molecule has 0 spiro atoms.